The number of phenolic OH excluding ortho intramolecular Hbond substituents is 1. The first kappa shape index (κ1) is 7.22. The molecule has 0 aliphatic rings. The Labute approximate surface area is 64.2 Å². The van der Waals surface area contributed by atoms with E-state index in [1.807, 2.05) is 0 Å². The predicted octanol–water partition coefficient (Wildman–Crippen LogP) is 1.71. The summed E-state index contributed by atoms with van der Waals surface area (Å²) in [7, 11) is 0. The molecule has 0 spiro atoms. The van der Waals surface area contributed by atoms with Crippen LogP contribution in [0.4, 0.5) is 5.69 Å². The van der Waals surface area contributed by atoms with Crippen LogP contribution in [0.3, 0.4) is 0 Å². The number of nitrogens with two attached hydrogens (primary N) is 1. The lowest BCUT2D eigenvalue weighted by atomic mass is 10.2. The Bertz CT molecular complexity index is 237. The average Bonchev–Trinajstić information content (AvgIpc) is 1.95. The van der Waals surface area contributed by atoms with E-state index in [1.54, 1.807) is 12.1 Å². The van der Waals surface area contributed by atoms with Crippen LogP contribution in [0.1, 0.15) is 5.56 Å². The van der Waals surface area contributed by atoms with Gasteiger partial charge in [0.1, 0.15) is 5.75 Å². The molecule has 0 saturated carbocycles. The van der Waals surface area contributed by atoms with Crippen LogP contribution in [0.5, 0.6) is 5.75 Å². The zero-order valence-corrected chi connectivity index (χ0v) is 6.10. The van der Waals surface area contributed by atoms with Crippen molar-refractivity contribution in [2.24, 2.45) is 0 Å². The van der Waals surface area contributed by atoms with Crippen LogP contribution in [0, 0.1) is 0 Å². The number of nitrogen functional groups attached to an aromatic ring is 1. The van der Waals surface area contributed by atoms with E-state index in [2.05, 4.69) is 0 Å². The summed E-state index contributed by atoms with van der Waals surface area (Å²) in [6.45, 7) is 0. The van der Waals surface area contributed by atoms with Crippen molar-refractivity contribution < 1.29 is 5.11 Å². The molecule has 0 atom stereocenters. The normalized spacial score (nSPS) is 9.70. The number of aromatic hydroxyl groups is 1. The first-order valence-electron chi connectivity index (χ1n) is 2.87. The van der Waals surface area contributed by atoms with E-state index in [0.717, 1.165) is 5.56 Å². The largest absolute Gasteiger partial charge is 0.506 e. The molecule has 0 unspecified atom stereocenters. The van der Waals surface area contributed by atoms with E-state index in [-0.39, 0.29) is 5.75 Å². The lowest BCUT2D eigenvalue weighted by molar-refractivity contribution is 0.478. The zero-order valence-electron chi connectivity index (χ0n) is 5.34. The summed E-state index contributed by atoms with van der Waals surface area (Å²) in [6.07, 6.45) is 0. The molecule has 0 bridgehead atoms. The Kier molecular flexibility index (Phi) is 2.02. The second kappa shape index (κ2) is 2.80. The molecule has 1 aromatic carbocycles. The number of phenols is 1. The molecule has 0 amide bonds. The van der Waals surface area contributed by atoms with Crippen molar-refractivity contribution in [2.75, 3.05) is 5.73 Å². The van der Waals surface area contributed by atoms with E-state index < -0.39 is 0 Å². The van der Waals surface area contributed by atoms with Gasteiger partial charge in [0, 0.05) is 5.88 Å². The summed E-state index contributed by atoms with van der Waals surface area (Å²) in [5, 5.41) is 8.97. The predicted molar refractivity (Wildman–Crippen MR) is 42.1 cm³/mol. The van der Waals surface area contributed by atoms with Gasteiger partial charge in [-0.1, -0.05) is 6.07 Å². The van der Waals surface area contributed by atoms with Crippen molar-refractivity contribution in [1.82, 2.24) is 0 Å². The topological polar surface area (TPSA) is 46.2 Å². The van der Waals surface area contributed by atoms with Crippen LogP contribution in [-0.4, -0.2) is 5.11 Å². The van der Waals surface area contributed by atoms with E-state index >= 15 is 0 Å². The van der Waals surface area contributed by atoms with Crippen LogP contribution in [0.15, 0.2) is 18.2 Å². The van der Waals surface area contributed by atoms with Crippen molar-refractivity contribution >= 4 is 17.3 Å². The molecule has 3 heteroatoms. The fourth-order valence-electron chi connectivity index (χ4n) is 0.687. The standard InChI is InChI=1S/C7H8ClNO/c8-4-5-1-2-7(10)6(9)3-5/h1-3,10H,4,9H2. The van der Waals surface area contributed by atoms with E-state index in [4.69, 9.17) is 22.4 Å². The molecule has 0 aliphatic heterocycles. The molecule has 54 valence electrons. The van der Waals surface area contributed by atoms with Gasteiger partial charge in [0.15, 0.2) is 0 Å². The smallest absolute Gasteiger partial charge is 0.138 e. The third-order valence-corrected chi connectivity index (χ3v) is 1.55. The summed E-state index contributed by atoms with van der Waals surface area (Å²) in [6, 6.07) is 4.92. The fraction of sp³-hybridized carbons (Fsp3) is 0.143. The highest BCUT2D eigenvalue weighted by atomic mass is 35.5. The monoisotopic (exact) mass is 157 g/mol. The molecule has 0 aliphatic carbocycles. The van der Waals surface area contributed by atoms with Crippen molar-refractivity contribution in [3.8, 4) is 5.75 Å². The molecular formula is C7H8ClNO. The molecule has 0 radical (unpaired) electrons. The van der Waals surface area contributed by atoms with Gasteiger partial charge in [0.05, 0.1) is 5.69 Å². The van der Waals surface area contributed by atoms with E-state index in [9.17, 15) is 0 Å². The average molecular weight is 158 g/mol. The highest BCUT2D eigenvalue weighted by Crippen LogP contribution is 2.20. The van der Waals surface area contributed by atoms with Gasteiger partial charge in [-0.2, -0.15) is 0 Å². The third kappa shape index (κ3) is 1.33. The Balaban J connectivity index is 3.04. The van der Waals surface area contributed by atoms with Gasteiger partial charge in [-0.25, -0.2) is 0 Å². The van der Waals surface area contributed by atoms with Crippen LogP contribution in [-0.2, 0) is 5.88 Å². The molecule has 3 N–H and O–H groups in total. The molecule has 0 fully saturated rings. The maximum atomic E-state index is 8.97. The van der Waals surface area contributed by atoms with Crippen LogP contribution >= 0.6 is 11.6 Å². The van der Waals surface area contributed by atoms with Gasteiger partial charge < -0.3 is 10.8 Å². The number of anilines is 1. The van der Waals surface area contributed by atoms with Gasteiger partial charge >= 0.3 is 0 Å². The summed E-state index contributed by atoms with van der Waals surface area (Å²) in [4.78, 5) is 0. The first-order valence-corrected chi connectivity index (χ1v) is 3.41. The molecule has 1 aromatic rings. The molecule has 1 rings (SSSR count). The number of hydrogen-bond acceptors (Lipinski definition) is 2. The Morgan fingerprint density at radius 1 is 1.50 bits per heavy atom. The number of benzene rings is 1. The Morgan fingerprint density at radius 2 is 2.20 bits per heavy atom. The quantitative estimate of drug-likeness (QED) is 0.371. The Hall–Kier alpha value is -0.890. The summed E-state index contributed by atoms with van der Waals surface area (Å²) in [5.74, 6) is 0.527. The second-order valence-corrected chi connectivity index (χ2v) is 2.29. The summed E-state index contributed by atoms with van der Waals surface area (Å²) < 4.78 is 0. The van der Waals surface area contributed by atoms with E-state index in [0.29, 0.717) is 11.6 Å². The van der Waals surface area contributed by atoms with Crippen molar-refractivity contribution in [3.05, 3.63) is 23.8 Å². The molecule has 0 aromatic heterocycles. The minimum absolute atomic E-state index is 0.105. The number of alkyl halides is 1. The van der Waals surface area contributed by atoms with Gasteiger partial charge in [0.2, 0.25) is 0 Å². The van der Waals surface area contributed by atoms with Gasteiger partial charge in [0.25, 0.3) is 0 Å². The van der Waals surface area contributed by atoms with Crippen LogP contribution in [0.25, 0.3) is 0 Å². The number of rotatable bonds is 1. The lowest BCUT2D eigenvalue weighted by Crippen LogP contribution is -1.86. The van der Waals surface area contributed by atoms with Gasteiger partial charge in [-0.15, -0.1) is 11.6 Å². The molecule has 2 nitrogen and oxygen atoms in total. The minimum atomic E-state index is 0.105. The fourth-order valence-corrected chi connectivity index (χ4v) is 0.853. The zero-order chi connectivity index (χ0) is 7.56. The minimum Gasteiger partial charge on any atom is -0.506 e. The summed E-state index contributed by atoms with van der Waals surface area (Å²) >= 11 is 5.51. The van der Waals surface area contributed by atoms with Gasteiger partial charge in [-0.3, -0.25) is 0 Å². The van der Waals surface area contributed by atoms with E-state index in [1.165, 1.54) is 6.07 Å². The SMILES string of the molecule is Nc1cc(CCl)ccc1O. The highest BCUT2D eigenvalue weighted by Gasteiger charge is 1.95. The van der Waals surface area contributed by atoms with Crippen molar-refractivity contribution in [1.29, 1.82) is 0 Å². The maximum absolute atomic E-state index is 8.97. The highest BCUT2D eigenvalue weighted by molar-refractivity contribution is 6.17. The molecular weight excluding hydrogens is 150 g/mol. The second-order valence-electron chi connectivity index (χ2n) is 2.03. The maximum Gasteiger partial charge on any atom is 0.138 e. The number of hydrogen-bond donors (Lipinski definition) is 2. The lowest BCUT2D eigenvalue weighted by Gasteiger charge is -1.99. The van der Waals surface area contributed by atoms with Crippen molar-refractivity contribution in [2.45, 2.75) is 5.88 Å². The van der Waals surface area contributed by atoms with Crippen molar-refractivity contribution in [3.63, 3.8) is 0 Å². The van der Waals surface area contributed by atoms with Gasteiger partial charge in [-0.05, 0) is 17.7 Å². The first-order chi connectivity index (χ1) is 4.74. The van der Waals surface area contributed by atoms with Crippen LogP contribution in [0.2, 0.25) is 0 Å². The molecule has 10 heavy (non-hydrogen) atoms. The van der Waals surface area contributed by atoms with Crippen LogP contribution < -0.4 is 5.73 Å². The molecule has 0 heterocycles. The Morgan fingerprint density at radius 3 is 2.70 bits per heavy atom. The summed E-state index contributed by atoms with van der Waals surface area (Å²) in [5.41, 5.74) is 6.67. The third-order valence-electron chi connectivity index (χ3n) is 1.25. The molecule has 0 saturated heterocycles. The number of halogens is 1.